The molecule has 2 fully saturated rings. The molecule has 2 bridgehead atoms. The van der Waals surface area contributed by atoms with Gasteiger partial charge in [-0.15, -0.1) is 0 Å². The Morgan fingerprint density at radius 1 is 1.35 bits per heavy atom. The average molecular weight is 230 g/mol. The molecule has 1 aromatic heterocycles. The lowest BCUT2D eigenvalue weighted by Gasteiger charge is -2.27. The van der Waals surface area contributed by atoms with Crippen LogP contribution in [-0.2, 0) is 6.42 Å². The smallest absolute Gasteiger partial charge is 0.0419 e. The number of aryl methyl sites for hydroxylation is 1. The zero-order valence-corrected chi connectivity index (χ0v) is 10.6. The minimum atomic E-state index is 0.320. The van der Waals surface area contributed by atoms with Crippen molar-refractivity contribution in [3.05, 3.63) is 29.6 Å². The number of hydrogen-bond acceptors (Lipinski definition) is 2. The third kappa shape index (κ3) is 2.23. The van der Waals surface area contributed by atoms with E-state index in [1.54, 1.807) is 0 Å². The van der Waals surface area contributed by atoms with Crippen LogP contribution in [0, 0.1) is 24.7 Å². The Bertz CT molecular complexity index is 384. The monoisotopic (exact) mass is 230 g/mol. The molecule has 2 heteroatoms. The van der Waals surface area contributed by atoms with E-state index in [0.717, 1.165) is 29.9 Å². The molecule has 3 rings (SSSR count). The molecule has 0 radical (unpaired) electrons. The molecule has 1 aromatic rings. The second-order valence-electron chi connectivity index (χ2n) is 6.03. The normalized spacial score (nSPS) is 32.9. The molecule has 2 nitrogen and oxygen atoms in total. The van der Waals surface area contributed by atoms with Gasteiger partial charge in [0.25, 0.3) is 0 Å². The molecule has 2 aliphatic carbocycles. The van der Waals surface area contributed by atoms with Crippen LogP contribution in [0.2, 0.25) is 0 Å². The van der Waals surface area contributed by atoms with E-state index < -0.39 is 0 Å². The molecule has 0 spiro atoms. The SMILES string of the molecule is Cc1ccc(CC(N)C2CC3CCC2C3)nc1. The van der Waals surface area contributed by atoms with Gasteiger partial charge in [-0.25, -0.2) is 0 Å². The van der Waals surface area contributed by atoms with Gasteiger partial charge in [0.1, 0.15) is 0 Å². The lowest BCUT2D eigenvalue weighted by molar-refractivity contribution is 0.279. The molecule has 0 saturated heterocycles. The van der Waals surface area contributed by atoms with Crippen LogP contribution in [0.1, 0.15) is 36.9 Å². The van der Waals surface area contributed by atoms with Crippen molar-refractivity contribution in [1.29, 1.82) is 0 Å². The number of aromatic nitrogens is 1. The van der Waals surface area contributed by atoms with Crippen LogP contribution in [0.25, 0.3) is 0 Å². The van der Waals surface area contributed by atoms with Gasteiger partial charge in [0.05, 0.1) is 0 Å². The first-order chi connectivity index (χ1) is 8.22. The van der Waals surface area contributed by atoms with Gasteiger partial charge < -0.3 is 5.73 Å². The summed E-state index contributed by atoms with van der Waals surface area (Å²) in [5, 5.41) is 0. The van der Waals surface area contributed by atoms with Gasteiger partial charge >= 0.3 is 0 Å². The molecule has 1 heterocycles. The van der Waals surface area contributed by atoms with Crippen LogP contribution in [0.15, 0.2) is 18.3 Å². The second kappa shape index (κ2) is 4.41. The largest absolute Gasteiger partial charge is 0.327 e. The fourth-order valence-corrected chi connectivity index (χ4v) is 3.83. The molecule has 92 valence electrons. The topological polar surface area (TPSA) is 38.9 Å². The highest BCUT2D eigenvalue weighted by Crippen LogP contribution is 2.49. The lowest BCUT2D eigenvalue weighted by Crippen LogP contribution is -2.35. The average Bonchev–Trinajstić information content (AvgIpc) is 2.94. The Labute approximate surface area is 104 Å². The van der Waals surface area contributed by atoms with E-state index in [4.69, 9.17) is 5.73 Å². The number of fused-ring (bicyclic) bond motifs is 2. The van der Waals surface area contributed by atoms with Crippen molar-refractivity contribution in [3.63, 3.8) is 0 Å². The van der Waals surface area contributed by atoms with Gasteiger partial charge in [-0.2, -0.15) is 0 Å². The molecule has 0 aliphatic heterocycles. The van der Waals surface area contributed by atoms with Crippen molar-refractivity contribution in [2.75, 3.05) is 0 Å². The summed E-state index contributed by atoms with van der Waals surface area (Å²) in [5.41, 5.74) is 8.78. The van der Waals surface area contributed by atoms with Crippen molar-refractivity contribution >= 4 is 0 Å². The summed E-state index contributed by atoms with van der Waals surface area (Å²) in [7, 11) is 0. The van der Waals surface area contributed by atoms with Crippen molar-refractivity contribution in [1.82, 2.24) is 4.98 Å². The van der Waals surface area contributed by atoms with Crippen molar-refractivity contribution in [2.45, 2.75) is 45.1 Å². The summed E-state index contributed by atoms with van der Waals surface area (Å²) in [6.45, 7) is 2.08. The molecule has 2 saturated carbocycles. The fourth-order valence-electron chi connectivity index (χ4n) is 3.83. The Hall–Kier alpha value is -0.890. The summed E-state index contributed by atoms with van der Waals surface area (Å²) >= 11 is 0. The fraction of sp³-hybridized carbons (Fsp3) is 0.667. The number of rotatable bonds is 3. The lowest BCUT2D eigenvalue weighted by atomic mass is 9.82. The van der Waals surface area contributed by atoms with Gasteiger partial charge in [0.15, 0.2) is 0 Å². The summed E-state index contributed by atoms with van der Waals surface area (Å²) in [6, 6.07) is 4.58. The first kappa shape index (κ1) is 11.2. The third-order valence-electron chi connectivity index (χ3n) is 4.76. The van der Waals surface area contributed by atoms with Gasteiger partial charge in [-0.05, 0) is 55.6 Å². The van der Waals surface area contributed by atoms with Gasteiger partial charge in [-0.3, -0.25) is 4.98 Å². The Kier molecular flexibility index (Phi) is 2.91. The summed E-state index contributed by atoms with van der Waals surface area (Å²) in [6.07, 6.45) is 8.59. The summed E-state index contributed by atoms with van der Waals surface area (Å²) < 4.78 is 0. The van der Waals surface area contributed by atoms with Crippen LogP contribution < -0.4 is 5.73 Å². The minimum Gasteiger partial charge on any atom is -0.327 e. The highest BCUT2D eigenvalue weighted by Gasteiger charge is 2.41. The maximum absolute atomic E-state index is 6.40. The molecule has 0 amide bonds. The third-order valence-corrected chi connectivity index (χ3v) is 4.76. The van der Waals surface area contributed by atoms with E-state index in [0.29, 0.717) is 6.04 Å². The summed E-state index contributed by atoms with van der Waals surface area (Å²) in [5.74, 6) is 2.67. The van der Waals surface area contributed by atoms with Crippen LogP contribution in [0.5, 0.6) is 0 Å². The van der Waals surface area contributed by atoms with Crippen LogP contribution >= 0.6 is 0 Å². The first-order valence-corrected chi connectivity index (χ1v) is 6.89. The van der Waals surface area contributed by atoms with E-state index in [1.807, 2.05) is 6.20 Å². The molecule has 17 heavy (non-hydrogen) atoms. The number of pyridine rings is 1. The van der Waals surface area contributed by atoms with Gasteiger partial charge in [-0.1, -0.05) is 12.5 Å². The van der Waals surface area contributed by atoms with Crippen LogP contribution in [-0.4, -0.2) is 11.0 Å². The molecule has 4 unspecified atom stereocenters. The minimum absolute atomic E-state index is 0.320. The predicted molar refractivity (Wildman–Crippen MR) is 69.6 cm³/mol. The maximum atomic E-state index is 6.40. The highest BCUT2D eigenvalue weighted by molar-refractivity contribution is 5.13. The van der Waals surface area contributed by atoms with Crippen molar-refractivity contribution < 1.29 is 0 Å². The molecular formula is C15H22N2. The zero-order chi connectivity index (χ0) is 11.8. The molecule has 2 N–H and O–H groups in total. The van der Waals surface area contributed by atoms with E-state index in [-0.39, 0.29) is 0 Å². The Balaban J connectivity index is 1.63. The number of nitrogens with two attached hydrogens (primary N) is 1. The van der Waals surface area contributed by atoms with Gasteiger partial charge in [0, 0.05) is 24.4 Å². The first-order valence-electron chi connectivity index (χ1n) is 6.89. The van der Waals surface area contributed by atoms with E-state index in [9.17, 15) is 0 Å². The molecular weight excluding hydrogens is 208 g/mol. The van der Waals surface area contributed by atoms with Crippen LogP contribution in [0.3, 0.4) is 0 Å². The van der Waals surface area contributed by atoms with Gasteiger partial charge in [0.2, 0.25) is 0 Å². The number of hydrogen-bond donors (Lipinski definition) is 1. The zero-order valence-electron chi connectivity index (χ0n) is 10.6. The van der Waals surface area contributed by atoms with Crippen molar-refractivity contribution in [2.24, 2.45) is 23.5 Å². The highest BCUT2D eigenvalue weighted by atomic mass is 14.7. The van der Waals surface area contributed by atoms with Crippen molar-refractivity contribution in [3.8, 4) is 0 Å². The van der Waals surface area contributed by atoms with E-state index >= 15 is 0 Å². The molecule has 2 aliphatic rings. The molecule has 0 aromatic carbocycles. The maximum Gasteiger partial charge on any atom is 0.0419 e. The quantitative estimate of drug-likeness (QED) is 0.867. The predicted octanol–water partition coefficient (Wildman–Crippen LogP) is 2.70. The van der Waals surface area contributed by atoms with Crippen LogP contribution in [0.4, 0.5) is 0 Å². The molecule has 4 atom stereocenters. The number of nitrogens with zero attached hydrogens (tertiary/aromatic N) is 1. The Morgan fingerprint density at radius 2 is 2.24 bits per heavy atom. The standard InChI is InChI=1S/C15H22N2/c1-10-2-5-13(17-9-10)8-15(16)14-7-11-3-4-12(14)6-11/h2,5,9,11-12,14-15H,3-4,6-8,16H2,1H3. The second-order valence-corrected chi connectivity index (χ2v) is 6.03. The Morgan fingerprint density at radius 3 is 2.82 bits per heavy atom. The van der Waals surface area contributed by atoms with E-state index in [1.165, 1.54) is 31.2 Å². The summed E-state index contributed by atoms with van der Waals surface area (Å²) in [4.78, 5) is 4.47. The van der Waals surface area contributed by atoms with E-state index in [2.05, 4.69) is 24.0 Å².